The van der Waals surface area contributed by atoms with Gasteiger partial charge in [0, 0.05) is 33.5 Å². The maximum atomic E-state index is 3.90. The van der Waals surface area contributed by atoms with Crippen LogP contribution < -0.4 is 4.90 Å². The monoisotopic (exact) mass is 944 g/mol. The Hall–Kier alpha value is -9.50. The van der Waals surface area contributed by atoms with Crippen LogP contribution in [-0.2, 0) is 0 Å². The highest BCUT2D eigenvalue weighted by Crippen LogP contribution is 2.44. The molecule has 1 aromatic heterocycles. The molecule has 0 spiro atoms. The summed E-state index contributed by atoms with van der Waals surface area (Å²) in [6.07, 6.45) is 6.01. The van der Waals surface area contributed by atoms with Crippen molar-refractivity contribution in [2.24, 2.45) is 0 Å². The van der Waals surface area contributed by atoms with Gasteiger partial charge in [0.2, 0.25) is 0 Å². The molecule has 2 nitrogen and oxygen atoms in total. The molecule has 74 heavy (non-hydrogen) atoms. The molecule has 0 saturated carbocycles. The van der Waals surface area contributed by atoms with Gasteiger partial charge in [-0.25, -0.2) is 0 Å². The first kappa shape index (κ1) is 44.4. The quantitative estimate of drug-likeness (QED) is 0.0980. The van der Waals surface area contributed by atoms with Crippen molar-refractivity contribution < 1.29 is 0 Å². The second-order valence-electron chi connectivity index (χ2n) is 19.5. The summed E-state index contributed by atoms with van der Waals surface area (Å²) in [6, 6.07) is 91.7. The lowest BCUT2D eigenvalue weighted by Crippen LogP contribution is -2.10. The molecule has 350 valence electrons. The molecule has 0 aliphatic heterocycles. The largest absolute Gasteiger partial charge is 0.310 e. The van der Waals surface area contributed by atoms with Crippen LogP contribution in [0.3, 0.4) is 0 Å². The minimum atomic E-state index is 1.08. The average molecular weight is 945 g/mol. The van der Waals surface area contributed by atoms with E-state index in [0.29, 0.717) is 0 Å². The SMILES string of the molecule is C=C/C=C\c1c(C)ccc2cc(-c3ccc(N(c4ccc(-c5ccc6c(ccc7ccccc76)c5)cc4)c4cccc(-c5cccc6c5c5cc(-c7cccc(C)c7)ccc5n6-c5ccccc5)c4)cc3)ccc12. The zero-order chi connectivity index (χ0) is 49.7. The van der Waals surface area contributed by atoms with Crippen molar-refractivity contribution in [1.82, 2.24) is 4.57 Å². The fourth-order valence-corrected chi connectivity index (χ4v) is 11.3. The summed E-state index contributed by atoms with van der Waals surface area (Å²) < 4.78 is 2.42. The number of hydrogen-bond acceptors (Lipinski definition) is 1. The first-order valence-corrected chi connectivity index (χ1v) is 25.5. The lowest BCUT2D eigenvalue weighted by Gasteiger charge is -2.26. The van der Waals surface area contributed by atoms with Gasteiger partial charge in [-0.1, -0.05) is 200 Å². The maximum Gasteiger partial charge on any atom is 0.0547 e. The van der Waals surface area contributed by atoms with Crippen LogP contribution in [0.25, 0.3) is 110 Å². The molecule has 0 atom stereocenters. The Morgan fingerprint density at radius 3 is 1.73 bits per heavy atom. The van der Waals surface area contributed by atoms with Crippen molar-refractivity contribution in [3.63, 3.8) is 0 Å². The number of benzene rings is 12. The van der Waals surface area contributed by atoms with Gasteiger partial charge in [-0.3, -0.25) is 0 Å². The highest BCUT2D eigenvalue weighted by Gasteiger charge is 2.20. The molecule has 2 heteroatoms. The van der Waals surface area contributed by atoms with E-state index in [1.807, 2.05) is 12.2 Å². The van der Waals surface area contributed by atoms with E-state index in [1.54, 1.807) is 0 Å². The predicted molar refractivity (Wildman–Crippen MR) is 318 cm³/mol. The van der Waals surface area contributed by atoms with Gasteiger partial charge < -0.3 is 9.47 Å². The molecule has 0 N–H and O–H groups in total. The number of fused-ring (bicyclic) bond motifs is 7. The molecule has 0 fully saturated rings. The summed E-state index contributed by atoms with van der Waals surface area (Å²) in [7, 11) is 0. The number of rotatable bonds is 10. The van der Waals surface area contributed by atoms with E-state index in [2.05, 4.69) is 285 Å². The second kappa shape index (κ2) is 18.6. The molecule has 0 unspecified atom stereocenters. The summed E-state index contributed by atoms with van der Waals surface area (Å²) in [6.45, 7) is 8.23. The van der Waals surface area contributed by atoms with Crippen molar-refractivity contribution in [3.05, 3.63) is 284 Å². The third-order valence-corrected chi connectivity index (χ3v) is 14.9. The van der Waals surface area contributed by atoms with Gasteiger partial charge in [-0.05, 0) is 181 Å². The van der Waals surface area contributed by atoms with Gasteiger partial charge in [0.05, 0.1) is 11.0 Å². The smallest absolute Gasteiger partial charge is 0.0547 e. The van der Waals surface area contributed by atoms with Crippen molar-refractivity contribution in [3.8, 4) is 50.2 Å². The van der Waals surface area contributed by atoms with E-state index in [0.717, 1.165) is 28.3 Å². The number of aromatic nitrogens is 1. The summed E-state index contributed by atoms with van der Waals surface area (Å²) in [5.41, 5.74) is 19.9. The number of hydrogen-bond donors (Lipinski definition) is 0. The molecule has 13 rings (SSSR count). The average Bonchev–Trinajstić information content (AvgIpc) is 3.80. The van der Waals surface area contributed by atoms with Crippen LogP contribution in [-0.4, -0.2) is 4.57 Å². The van der Waals surface area contributed by atoms with E-state index >= 15 is 0 Å². The standard InChI is InChI=1S/C72H52N2/c1-4-5-21-64-49(3)25-26-58-44-54(33-40-66(58)64)50-29-36-61(37-30-50)73(62-38-31-51(32-39-62)55-34-41-67-59(45-55)28-27-52-15-9-10-22-65(52)67)63-20-12-17-57(46-63)68-23-13-24-71-72(68)69-47-56(53-16-11-14-48(2)43-53)35-42-70(69)74(71)60-18-7-6-8-19-60/h4-47H,1H2,2-3H3/b21-5-. The zero-order valence-electron chi connectivity index (χ0n) is 41.5. The van der Waals surface area contributed by atoms with E-state index < -0.39 is 0 Å². The minimum absolute atomic E-state index is 1.08. The Labute approximate surface area is 432 Å². The van der Waals surface area contributed by atoms with Crippen LogP contribution >= 0.6 is 0 Å². The number of aryl methyl sites for hydroxylation is 2. The van der Waals surface area contributed by atoms with Crippen LogP contribution in [0, 0.1) is 13.8 Å². The first-order chi connectivity index (χ1) is 36.5. The van der Waals surface area contributed by atoms with E-state index in [1.165, 1.54) is 110 Å². The van der Waals surface area contributed by atoms with E-state index in [9.17, 15) is 0 Å². The molecule has 0 radical (unpaired) electrons. The summed E-state index contributed by atoms with van der Waals surface area (Å²) in [4.78, 5) is 2.40. The lowest BCUT2D eigenvalue weighted by atomic mass is 9.95. The highest BCUT2D eigenvalue weighted by atomic mass is 15.1. The highest BCUT2D eigenvalue weighted by molar-refractivity contribution is 6.17. The van der Waals surface area contributed by atoms with Crippen LogP contribution in [0.1, 0.15) is 16.7 Å². The summed E-state index contributed by atoms with van der Waals surface area (Å²) in [5.74, 6) is 0. The number of allylic oxidation sites excluding steroid dienone is 2. The van der Waals surface area contributed by atoms with Crippen LogP contribution in [0.4, 0.5) is 17.1 Å². The van der Waals surface area contributed by atoms with Crippen molar-refractivity contribution in [1.29, 1.82) is 0 Å². The van der Waals surface area contributed by atoms with Gasteiger partial charge in [0.15, 0.2) is 0 Å². The minimum Gasteiger partial charge on any atom is -0.310 e. The first-order valence-electron chi connectivity index (χ1n) is 25.5. The summed E-state index contributed by atoms with van der Waals surface area (Å²) in [5, 5.41) is 9.96. The second-order valence-corrected chi connectivity index (χ2v) is 19.5. The van der Waals surface area contributed by atoms with Gasteiger partial charge in [0.1, 0.15) is 0 Å². The van der Waals surface area contributed by atoms with Gasteiger partial charge in [-0.15, -0.1) is 0 Å². The Kier molecular flexibility index (Phi) is 11.2. The number of nitrogens with zero attached hydrogens (tertiary/aromatic N) is 2. The topological polar surface area (TPSA) is 8.17 Å². The Balaban J connectivity index is 0.940. The van der Waals surface area contributed by atoms with Crippen LogP contribution in [0.2, 0.25) is 0 Å². The third kappa shape index (κ3) is 7.94. The van der Waals surface area contributed by atoms with Gasteiger partial charge in [0.25, 0.3) is 0 Å². The van der Waals surface area contributed by atoms with Crippen molar-refractivity contribution in [2.75, 3.05) is 4.90 Å². The fraction of sp³-hybridized carbons (Fsp3) is 0.0278. The molecular formula is C72H52N2. The van der Waals surface area contributed by atoms with Crippen molar-refractivity contribution in [2.45, 2.75) is 13.8 Å². The number of para-hydroxylation sites is 1. The summed E-state index contributed by atoms with van der Waals surface area (Å²) >= 11 is 0. The normalized spacial score (nSPS) is 11.6. The maximum absolute atomic E-state index is 3.90. The molecule has 0 bridgehead atoms. The van der Waals surface area contributed by atoms with Crippen LogP contribution in [0.15, 0.2) is 267 Å². The Morgan fingerprint density at radius 2 is 0.973 bits per heavy atom. The van der Waals surface area contributed by atoms with Crippen LogP contribution in [0.5, 0.6) is 0 Å². The molecule has 0 aliphatic rings. The zero-order valence-corrected chi connectivity index (χ0v) is 41.5. The molecular weight excluding hydrogens is 893 g/mol. The lowest BCUT2D eigenvalue weighted by molar-refractivity contribution is 1.18. The Morgan fingerprint density at radius 1 is 0.378 bits per heavy atom. The Bertz CT molecular complexity index is 4330. The molecule has 0 aliphatic carbocycles. The predicted octanol–water partition coefficient (Wildman–Crippen LogP) is 20.2. The third-order valence-electron chi connectivity index (χ3n) is 14.9. The number of anilines is 3. The molecule has 0 amide bonds. The fourth-order valence-electron chi connectivity index (χ4n) is 11.3. The molecule has 12 aromatic carbocycles. The van der Waals surface area contributed by atoms with Gasteiger partial charge in [-0.2, -0.15) is 0 Å². The van der Waals surface area contributed by atoms with E-state index in [4.69, 9.17) is 0 Å². The molecule has 13 aromatic rings. The van der Waals surface area contributed by atoms with E-state index in [-0.39, 0.29) is 0 Å². The molecule has 1 heterocycles. The molecule has 0 saturated heterocycles. The van der Waals surface area contributed by atoms with Crippen molar-refractivity contribution >= 4 is 77.3 Å². The van der Waals surface area contributed by atoms with Gasteiger partial charge >= 0.3 is 0 Å².